The van der Waals surface area contributed by atoms with Gasteiger partial charge >= 0.3 is 6.11 Å². The number of hydrogen-bond acceptors (Lipinski definition) is 1. The van der Waals surface area contributed by atoms with Gasteiger partial charge in [-0.15, -0.1) is 6.58 Å². The SMILES string of the molecule is C=CC1CCC(C(F)(F)Oc2ccc(C3CCC(C4CCC(CCC)CC4)CC3)c(F)c2)CC1. The van der Waals surface area contributed by atoms with Gasteiger partial charge in [0.1, 0.15) is 11.6 Å². The van der Waals surface area contributed by atoms with Crippen molar-refractivity contribution in [2.45, 2.75) is 109 Å². The van der Waals surface area contributed by atoms with E-state index in [1.165, 1.54) is 44.6 Å². The van der Waals surface area contributed by atoms with Gasteiger partial charge in [-0.1, -0.05) is 44.7 Å². The van der Waals surface area contributed by atoms with Gasteiger partial charge in [-0.2, -0.15) is 8.78 Å². The van der Waals surface area contributed by atoms with Gasteiger partial charge in [-0.3, -0.25) is 0 Å². The van der Waals surface area contributed by atoms with E-state index >= 15 is 0 Å². The van der Waals surface area contributed by atoms with Gasteiger partial charge in [-0.05, 0) is 105 Å². The van der Waals surface area contributed by atoms with Crippen LogP contribution >= 0.6 is 0 Å². The molecule has 0 unspecified atom stereocenters. The van der Waals surface area contributed by atoms with Crippen LogP contribution < -0.4 is 4.74 Å². The largest absolute Gasteiger partial charge is 0.432 e. The van der Waals surface area contributed by atoms with E-state index in [1.807, 2.05) is 6.08 Å². The highest BCUT2D eigenvalue weighted by Crippen LogP contribution is 2.45. The Hall–Kier alpha value is -1.45. The van der Waals surface area contributed by atoms with E-state index in [4.69, 9.17) is 4.74 Å². The summed E-state index contributed by atoms with van der Waals surface area (Å²) in [7, 11) is 0. The molecule has 0 N–H and O–H groups in total. The molecule has 0 aromatic heterocycles. The molecule has 4 heteroatoms. The summed E-state index contributed by atoms with van der Waals surface area (Å²) >= 11 is 0. The maximum Gasteiger partial charge on any atom is 0.400 e. The molecule has 0 atom stereocenters. The van der Waals surface area contributed by atoms with Crippen molar-refractivity contribution in [2.75, 3.05) is 0 Å². The van der Waals surface area contributed by atoms with Crippen molar-refractivity contribution in [2.24, 2.45) is 29.6 Å². The Balaban J connectivity index is 1.29. The average molecular weight is 477 g/mol. The van der Waals surface area contributed by atoms with E-state index in [0.717, 1.165) is 43.4 Å². The zero-order valence-corrected chi connectivity index (χ0v) is 20.9. The molecular formula is C30H43F3O. The van der Waals surface area contributed by atoms with Gasteiger partial charge < -0.3 is 4.74 Å². The van der Waals surface area contributed by atoms with Gasteiger partial charge in [0.05, 0.1) is 5.92 Å². The molecule has 3 aliphatic carbocycles. The predicted molar refractivity (Wildman–Crippen MR) is 133 cm³/mol. The maximum atomic E-state index is 15.0. The molecule has 1 aromatic rings. The van der Waals surface area contributed by atoms with Crippen LogP contribution in [0.25, 0.3) is 0 Å². The first-order valence-corrected chi connectivity index (χ1v) is 13.9. The third kappa shape index (κ3) is 6.21. The third-order valence-electron chi connectivity index (χ3n) is 9.27. The Bertz CT molecular complexity index is 782. The van der Waals surface area contributed by atoms with Crippen LogP contribution in [0.4, 0.5) is 13.2 Å². The molecule has 4 rings (SSSR count). The molecule has 0 bridgehead atoms. The molecule has 1 aromatic carbocycles. The normalized spacial score (nSPS) is 32.8. The van der Waals surface area contributed by atoms with Crippen LogP contribution in [-0.4, -0.2) is 6.11 Å². The summed E-state index contributed by atoms with van der Waals surface area (Å²) in [5, 5.41) is 0. The molecule has 3 fully saturated rings. The van der Waals surface area contributed by atoms with Gasteiger partial charge in [0.2, 0.25) is 0 Å². The van der Waals surface area contributed by atoms with Crippen LogP contribution in [-0.2, 0) is 0 Å². The van der Waals surface area contributed by atoms with Crippen LogP contribution in [0.3, 0.4) is 0 Å². The Morgan fingerprint density at radius 3 is 2.09 bits per heavy atom. The Morgan fingerprint density at radius 1 is 0.912 bits per heavy atom. The third-order valence-corrected chi connectivity index (χ3v) is 9.27. The fourth-order valence-corrected chi connectivity index (χ4v) is 7.09. The number of ether oxygens (including phenoxy) is 1. The van der Waals surface area contributed by atoms with Crippen LogP contribution in [0.1, 0.15) is 108 Å². The topological polar surface area (TPSA) is 9.23 Å². The van der Waals surface area contributed by atoms with Gasteiger partial charge in [-0.25, -0.2) is 4.39 Å². The highest BCUT2D eigenvalue weighted by molar-refractivity contribution is 5.31. The van der Waals surface area contributed by atoms with E-state index in [0.29, 0.717) is 37.2 Å². The lowest BCUT2D eigenvalue weighted by Gasteiger charge is -2.38. The van der Waals surface area contributed by atoms with Crippen molar-refractivity contribution in [3.8, 4) is 5.75 Å². The first kappa shape index (κ1) is 25.6. The minimum Gasteiger partial charge on any atom is -0.432 e. The zero-order chi connectivity index (χ0) is 24.1. The van der Waals surface area contributed by atoms with E-state index in [1.54, 1.807) is 12.1 Å². The fraction of sp³-hybridized carbons (Fsp3) is 0.733. The van der Waals surface area contributed by atoms with Gasteiger partial charge in [0.25, 0.3) is 0 Å². The summed E-state index contributed by atoms with van der Waals surface area (Å²) in [6.07, 6.45) is 13.3. The lowest BCUT2D eigenvalue weighted by molar-refractivity contribution is -0.223. The average Bonchev–Trinajstić information content (AvgIpc) is 2.85. The zero-order valence-electron chi connectivity index (χ0n) is 20.9. The van der Waals surface area contributed by atoms with Crippen molar-refractivity contribution < 1.29 is 17.9 Å². The van der Waals surface area contributed by atoms with Crippen LogP contribution in [0.2, 0.25) is 0 Å². The lowest BCUT2D eigenvalue weighted by Crippen LogP contribution is -2.37. The molecule has 0 saturated heterocycles. The van der Waals surface area contributed by atoms with Crippen LogP contribution in [0, 0.1) is 35.4 Å². The Morgan fingerprint density at radius 2 is 1.53 bits per heavy atom. The second-order valence-corrected chi connectivity index (χ2v) is 11.4. The molecule has 0 spiro atoms. The smallest absolute Gasteiger partial charge is 0.400 e. The van der Waals surface area contributed by atoms with Crippen molar-refractivity contribution >= 4 is 0 Å². The molecule has 190 valence electrons. The van der Waals surface area contributed by atoms with E-state index in [9.17, 15) is 13.2 Å². The number of hydrogen-bond donors (Lipinski definition) is 0. The lowest BCUT2D eigenvalue weighted by atomic mass is 9.68. The summed E-state index contributed by atoms with van der Waals surface area (Å²) in [5.74, 6) is 1.78. The summed E-state index contributed by atoms with van der Waals surface area (Å²) in [5.41, 5.74) is 0.673. The summed E-state index contributed by atoms with van der Waals surface area (Å²) < 4.78 is 49.5. The molecule has 0 heterocycles. The van der Waals surface area contributed by atoms with E-state index in [-0.39, 0.29) is 11.7 Å². The number of halogens is 3. The van der Waals surface area contributed by atoms with Crippen molar-refractivity contribution in [3.05, 3.63) is 42.2 Å². The summed E-state index contributed by atoms with van der Waals surface area (Å²) in [6.45, 7) is 6.06. The maximum absolute atomic E-state index is 15.0. The predicted octanol–water partition coefficient (Wildman–Crippen LogP) is 9.67. The van der Waals surface area contributed by atoms with Crippen molar-refractivity contribution in [1.82, 2.24) is 0 Å². The molecule has 0 aliphatic heterocycles. The standard InChI is InChI=1S/C30H43F3O/c1-3-5-22-6-10-23(11-7-22)24-12-14-25(15-13-24)28-19-18-27(20-29(28)31)34-30(32,33)26-16-8-21(4-2)9-17-26/h4,18-26H,2-3,5-17H2,1H3. The fourth-order valence-electron chi connectivity index (χ4n) is 7.09. The molecule has 3 saturated carbocycles. The molecule has 0 amide bonds. The van der Waals surface area contributed by atoms with Crippen molar-refractivity contribution in [1.29, 1.82) is 0 Å². The highest BCUT2D eigenvalue weighted by atomic mass is 19.3. The molecule has 0 radical (unpaired) electrons. The van der Waals surface area contributed by atoms with Crippen molar-refractivity contribution in [3.63, 3.8) is 0 Å². The Labute approximate surface area is 204 Å². The number of allylic oxidation sites excluding steroid dienone is 1. The first-order valence-electron chi connectivity index (χ1n) is 13.9. The quantitative estimate of drug-likeness (QED) is 0.339. The highest BCUT2D eigenvalue weighted by Gasteiger charge is 2.44. The summed E-state index contributed by atoms with van der Waals surface area (Å²) in [4.78, 5) is 0. The minimum atomic E-state index is -3.27. The minimum absolute atomic E-state index is 0.0605. The monoisotopic (exact) mass is 476 g/mol. The van der Waals surface area contributed by atoms with Crippen LogP contribution in [0.5, 0.6) is 5.75 Å². The number of rotatable bonds is 8. The van der Waals surface area contributed by atoms with Crippen LogP contribution in [0.15, 0.2) is 30.9 Å². The molecule has 34 heavy (non-hydrogen) atoms. The number of benzene rings is 1. The second-order valence-electron chi connectivity index (χ2n) is 11.4. The van der Waals surface area contributed by atoms with Gasteiger partial charge in [0, 0.05) is 6.07 Å². The second kappa shape index (κ2) is 11.5. The van der Waals surface area contributed by atoms with E-state index in [2.05, 4.69) is 13.5 Å². The molecule has 1 nitrogen and oxygen atoms in total. The number of alkyl halides is 2. The van der Waals surface area contributed by atoms with E-state index < -0.39 is 17.8 Å². The summed E-state index contributed by atoms with van der Waals surface area (Å²) in [6, 6.07) is 4.42. The Kier molecular flexibility index (Phi) is 8.69. The van der Waals surface area contributed by atoms with Gasteiger partial charge in [0.15, 0.2) is 0 Å². The first-order chi connectivity index (χ1) is 16.4. The molecular weight excluding hydrogens is 433 g/mol. The molecule has 3 aliphatic rings.